The van der Waals surface area contributed by atoms with Crippen molar-refractivity contribution < 1.29 is 9.53 Å². The molecule has 144 valence electrons. The third-order valence-electron chi connectivity index (χ3n) is 5.05. The second kappa shape index (κ2) is 8.75. The summed E-state index contributed by atoms with van der Waals surface area (Å²) in [6.45, 7) is 3.79. The normalized spacial score (nSPS) is 16.8. The average molecular weight is 369 g/mol. The number of aryl methyl sites for hydroxylation is 1. The fourth-order valence-corrected chi connectivity index (χ4v) is 3.52. The molecule has 3 rings (SSSR count). The number of hydrogen-bond acceptors (Lipinski definition) is 4. The minimum atomic E-state index is -0.0551. The molecule has 6 heteroatoms. The Morgan fingerprint density at radius 1 is 1.22 bits per heavy atom. The van der Waals surface area contributed by atoms with E-state index in [1.54, 1.807) is 17.7 Å². The molecule has 1 amide bonds. The molecule has 1 atom stereocenters. The highest BCUT2D eigenvalue weighted by Gasteiger charge is 2.23. The number of piperidine rings is 1. The lowest BCUT2D eigenvalue weighted by Gasteiger charge is -2.34. The standard InChI is InChI=1S/C21H27N3O3/c1-16-5-3-7-21(26)24(16)14-12-20(25)23-13-4-6-18(15-23)22-17-8-10-19(27-2)11-9-17/h3,5,7-11,18,22H,4,6,12-15H2,1-2H3/t18-/m0/s1. The predicted molar refractivity (Wildman–Crippen MR) is 106 cm³/mol. The molecule has 0 bridgehead atoms. The summed E-state index contributed by atoms with van der Waals surface area (Å²) in [7, 11) is 1.65. The smallest absolute Gasteiger partial charge is 0.250 e. The molecule has 27 heavy (non-hydrogen) atoms. The van der Waals surface area contributed by atoms with Gasteiger partial charge in [0, 0.05) is 49.5 Å². The van der Waals surface area contributed by atoms with E-state index < -0.39 is 0 Å². The molecule has 1 saturated heterocycles. The van der Waals surface area contributed by atoms with Crippen molar-refractivity contribution in [2.24, 2.45) is 0 Å². The van der Waals surface area contributed by atoms with Crippen LogP contribution in [0.5, 0.6) is 5.75 Å². The van der Waals surface area contributed by atoms with Gasteiger partial charge in [-0.15, -0.1) is 0 Å². The number of pyridine rings is 1. The van der Waals surface area contributed by atoms with Gasteiger partial charge in [-0.25, -0.2) is 0 Å². The van der Waals surface area contributed by atoms with E-state index in [4.69, 9.17) is 4.74 Å². The summed E-state index contributed by atoms with van der Waals surface area (Å²) < 4.78 is 6.84. The fraction of sp³-hybridized carbons (Fsp3) is 0.429. The van der Waals surface area contributed by atoms with E-state index in [1.807, 2.05) is 42.2 Å². The van der Waals surface area contributed by atoms with E-state index in [2.05, 4.69) is 5.32 Å². The first-order chi connectivity index (χ1) is 13.1. The van der Waals surface area contributed by atoms with Gasteiger partial charge in [0.25, 0.3) is 5.56 Å². The minimum Gasteiger partial charge on any atom is -0.497 e. The Morgan fingerprint density at radius 2 is 2.00 bits per heavy atom. The monoisotopic (exact) mass is 369 g/mol. The summed E-state index contributed by atoms with van der Waals surface area (Å²) in [4.78, 5) is 26.5. The zero-order valence-electron chi connectivity index (χ0n) is 16.0. The van der Waals surface area contributed by atoms with Crippen molar-refractivity contribution in [3.63, 3.8) is 0 Å². The molecule has 6 nitrogen and oxygen atoms in total. The van der Waals surface area contributed by atoms with Gasteiger partial charge in [0.15, 0.2) is 0 Å². The number of nitrogens with zero attached hydrogens (tertiary/aromatic N) is 2. The van der Waals surface area contributed by atoms with Crippen molar-refractivity contribution in [1.29, 1.82) is 0 Å². The predicted octanol–water partition coefficient (Wildman–Crippen LogP) is 2.66. The summed E-state index contributed by atoms with van der Waals surface area (Å²) in [5.41, 5.74) is 1.86. The maximum Gasteiger partial charge on any atom is 0.250 e. The lowest BCUT2D eigenvalue weighted by molar-refractivity contribution is -0.132. The lowest BCUT2D eigenvalue weighted by Crippen LogP contribution is -2.45. The van der Waals surface area contributed by atoms with Crippen LogP contribution in [0.15, 0.2) is 47.3 Å². The van der Waals surface area contributed by atoms with Gasteiger partial charge < -0.3 is 19.5 Å². The van der Waals surface area contributed by atoms with E-state index in [-0.39, 0.29) is 17.5 Å². The maximum absolute atomic E-state index is 12.6. The van der Waals surface area contributed by atoms with Crippen LogP contribution in [0.1, 0.15) is 25.0 Å². The molecule has 1 aromatic heterocycles. The van der Waals surface area contributed by atoms with E-state index in [0.29, 0.717) is 19.5 Å². The van der Waals surface area contributed by atoms with E-state index in [9.17, 15) is 9.59 Å². The van der Waals surface area contributed by atoms with Crippen molar-refractivity contribution in [3.05, 3.63) is 58.5 Å². The van der Waals surface area contributed by atoms with Crippen molar-refractivity contribution >= 4 is 11.6 Å². The van der Waals surface area contributed by atoms with Gasteiger partial charge >= 0.3 is 0 Å². The molecule has 2 heterocycles. The summed E-state index contributed by atoms with van der Waals surface area (Å²) in [6, 6.07) is 13.2. The van der Waals surface area contributed by atoms with Crippen molar-refractivity contribution in [2.75, 3.05) is 25.5 Å². The number of ether oxygens (including phenoxy) is 1. The third-order valence-corrected chi connectivity index (χ3v) is 5.05. The summed E-state index contributed by atoms with van der Waals surface area (Å²) in [5, 5.41) is 3.50. The summed E-state index contributed by atoms with van der Waals surface area (Å²) in [5.74, 6) is 0.929. The van der Waals surface area contributed by atoms with Crippen LogP contribution in [-0.4, -0.2) is 41.6 Å². The number of anilines is 1. The Labute approximate surface area is 159 Å². The zero-order chi connectivity index (χ0) is 19.2. The molecule has 0 spiro atoms. The zero-order valence-corrected chi connectivity index (χ0v) is 16.0. The van der Waals surface area contributed by atoms with Crippen LogP contribution in [0.25, 0.3) is 0 Å². The Morgan fingerprint density at radius 3 is 2.70 bits per heavy atom. The number of likely N-dealkylation sites (tertiary alicyclic amines) is 1. The van der Waals surface area contributed by atoms with Crippen LogP contribution in [-0.2, 0) is 11.3 Å². The topological polar surface area (TPSA) is 63.6 Å². The maximum atomic E-state index is 12.6. The molecular formula is C21H27N3O3. The van der Waals surface area contributed by atoms with Crippen LogP contribution in [0.2, 0.25) is 0 Å². The SMILES string of the molecule is COc1ccc(N[C@H]2CCCN(C(=O)CCn3c(C)cccc3=O)C2)cc1. The number of nitrogens with one attached hydrogen (secondary N) is 1. The quantitative estimate of drug-likeness (QED) is 0.850. The van der Waals surface area contributed by atoms with Gasteiger partial charge in [-0.2, -0.15) is 0 Å². The Kier molecular flexibility index (Phi) is 6.16. The molecule has 1 aliphatic rings. The van der Waals surface area contributed by atoms with Crippen LogP contribution in [0, 0.1) is 6.92 Å². The van der Waals surface area contributed by atoms with E-state index in [0.717, 1.165) is 36.5 Å². The highest BCUT2D eigenvalue weighted by molar-refractivity contribution is 5.76. The molecule has 0 unspecified atom stereocenters. The number of carbonyl (C=O) groups excluding carboxylic acids is 1. The van der Waals surface area contributed by atoms with Crippen LogP contribution in [0.3, 0.4) is 0 Å². The second-order valence-corrected chi connectivity index (χ2v) is 6.96. The largest absolute Gasteiger partial charge is 0.497 e. The first kappa shape index (κ1) is 19.0. The van der Waals surface area contributed by atoms with Gasteiger partial charge in [0.1, 0.15) is 5.75 Å². The van der Waals surface area contributed by atoms with E-state index >= 15 is 0 Å². The highest BCUT2D eigenvalue weighted by atomic mass is 16.5. The van der Waals surface area contributed by atoms with E-state index in [1.165, 1.54) is 6.07 Å². The number of methoxy groups -OCH3 is 1. The molecule has 0 saturated carbocycles. The third kappa shape index (κ3) is 4.90. The van der Waals surface area contributed by atoms with Gasteiger partial charge in [-0.3, -0.25) is 9.59 Å². The number of hydrogen-bond donors (Lipinski definition) is 1. The molecular weight excluding hydrogens is 342 g/mol. The minimum absolute atomic E-state index is 0.0551. The molecule has 1 N–H and O–H groups in total. The van der Waals surface area contributed by atoms with Crippen molar-refractivity contribution in [3.8, 4) is 5.75 Å². The molecule has 1 aromatic carbocycles. The van der Waals surface area contributed by atoms with Gasteiger partial charge in [-0.05, 0) is 50.1 Å². The van der Waals surface area contributed by atoms with Crippen LogP contribution < -0.4 is 15.6 Å². The lowest BCUT2D eigenvalue weighted by atomic mass is 10.0. The average Bonchev–Trinajstić information content (AvgIpc) is 2.68. The summed E-state index contributed by atoms with van der Waals surface area (Å²) in [6.07, 6.45) is 2.36. The fourth-order valence-electron chi connectivity index (χ4n) is 3.52. The first-order valence-corrected chi connectivity index (χ1v) is 9.41. The molecule has 0 radical (unpaired) electrons. The number of benzene rings is 1. The summed E-state index contributed by atoms with van der Waals surface area (Å²) >= 11 is 0. The van der Waals surface area contributed by atoms with Crippen molar-refractivity contribution in [1.82, 2.24) is 9.47 Å². The number of rotatable bonds is 6. The highest BCUT2D eigenvalue weighted by Crippen LogP contribution is 2.19. The van der Waals surface area contributed by atoms with Crippen molar-refractivity contribution in [2.45, 2.75) is 38.8 Å². The number of carbonyl (C=O) groups is 1. The van der Waals surface area contributed by atoms with Gasteiger partial charge in [-0.1, -0.05) is 6.07 Å². The molecule has 1 fully saturated rings. The number of aromatic nitrogens is 1. The number of amides is 1. The molecule has 1 aliphatic heterocycles. The van der Waals surface area contributed by atoms with Crippen LogP contribution in [0.4, 0.5) is 5.69 Å². The second-order valence-electron chi connectivity index (χ2n) is 6.96. The molecule has 0 aliphatic carbocycles. The first-order valence-electron chi connectivity index (χ1n) is 9.41. The Hall–Kier alpha value is -2.76. The Bertz CT molecular complexity index is 829. The van der Waals surface area contributed by atoms with Gasteiger partial charge in [0.05, 0.1) is 7.11 Å². The molecule has 2 aromatic rings. The Balaban J connectivity index is 1.55. The van der Waals surface area contributed by atoms with Gasteiger partial charge in [0.2, 0.25) is 5.91 Å². The van der Waals surface area contributed by atoms with Crippen LogP contribution >= 0.6 is 0 Å².